The van der Waals surface area contributed by atoms with Crippen LogP contribution in [0, 0.1) is 10.1 Å². The van der Waals surface area contributed by atoms with E-state index >= 15 is 0 Å². The number of non-ortho nitro benzene ring substituents is 1. The number of benzene rings is 3. The van der Waals surface area contributed by atoms with Crippen LogP contribution in [0.1, 0.15) is 17.0 Å². The second kappa shape index (κ2) is 7.44. The van der Waals surface area contributed by atoms with Crippen molar-refractivity contribution in [2.75, 3.05) is 0 Å². The van der Waals surface area contributed by atoms with E-state index in [2.05, 4.69) is 4.98 Å². The maximum atomic E-state index is 13.2. The molecule has 0 saturated heterocycles. The predicted molar refractivity (Wildman–Crippen MR) is 107 cm³/mol. The highest BCUT2D eigenvalue weighted by Gasteiger charge is 2.15. The first-order chi connectivity index (χ1) is 13.6. The van der Waals surface area contributed by atoms with Crippen LogP contribution in [0.3, 0.4) is 0 Å². The molecule has 0 spiro atoms. The summed E-state index contributed by atoms with van der Waals surface area (Å²) >= 11 is 0. The molecule has 0 unspecified atom stereocenters. The summed E-state index contributed by atoms with van der Waals surface area (Å²) < 4.78 is 1.61. The lowest BCUT2D eigenvalue weighted by Gasteiger charge is -2.14. The Morgan fingerprint density at radius 2 is 1.54 bits per heavy atom. The van der Waals surface area contributed by atoms with Gasteiger partial charge in [-0.15, -0.1) is 0 Å². The van der Waals surface area contributed by atoms with Gasteiger partial charge in [0, 0.05) is 18.6 Å². The molecule has 6 nitrogen and oxygen atoms in total. The van der Waals surface area contributed by atoms with Gasteiger partial charge in [-0.2, -0.15) is 0 Å². The zero-order valence-electron chi connectivity index (χ0n) is 15.0. The molecule has 138 valence electrons. The first-order valence-electron chi connectivity index (χ1n) is 8.87. The van der Waals surface area contributed by atoms with Crippen molar-refractivity contribution in [3.8, 4) is 0 Å². The minimum absolute atomic E-state index is 0.117. The van der Waals surface area contributed by atoms with Crippen molar-refractivity contribution in [3.05, 3.63) is 116 Å². The molecule has 0 atom stereocenters. The number of nitrogens with zero attached hydrogens (tertiary/aromatic N) is 3. The number of aromatic nitrogens is 2. The van der Waals surface area contributed by atoms with Crippen LogP contribution in [-0.2, 0) is 13.0 Å². The summed E-state index contributed by atoms with van der Waals surface area (Å²) in [5.74, 6) is 0.626. The van der Waals surface area contributed by atoms with E-state index in [1.54, 1.807) is 4.57 Å². The second-order valence-corrected chi connectivity index (χ2v) is 6.53. The van der Waals surface area contributed by atoms with Crippen LogP contribution < -0.4 is 5.56 Å². The zero-order valence-corrected chi connectivity index (χ0v) is 15.0. The number of rotatable bonds is 5. The van der Waals surface area contributed by atoms with Gasteiger partial charge >= 0.3 is 0 Å². The Bertz CT molecular complexity index is 1200. The van der Waals surface area contributed by atoms with Gasteiger partial charge in [0.05, 0.1) is 22.4 Å². The average Bonchev–Trinajstić information content (AvgIpc) is 2.72. The number of hydrogen-bond donors (Lipinski definition) is 0. The van der Waals surface area contributed by atoms with Gasteiger partial charge in [-0.25, -0.2) is 4.98 Å². The molecule has 0 bridgehead atoms. The Kier molecular flexibility index (Phi) is 4.68. The Morgan fingerprint density at radius 3 is 2.18 bits per heavy atom. The third-order valence-electron chi connectivity index (χ3n) is 4.62. The molecule has 3 aromatic carbocycles. The Labute approximate surface area is 160 Å². The predicted octanol–water partition coefficient (Wildman–Crippen LogP) is 3.94. The molecule has 0 radical (unpaired) electrons. The van der Waals surface area contributed by atoms with E-state index in [4.69, 9.17) is 0 Å². The van der Waals surface area contributed by atoms with Crippen LogP contribution in [0.25, 0.3) is 10.9 Å². The summed E-state index contributed by atoms with van der Waals surface area (Å²) in [6.07, 6.45) is 0.496. The molecule has 0 aliphatic rings. The minimum atomic E-state index is -0.502. The van der Waals surface area contributed by atoms with E-state index in [0.29, 0.717) is 24.3 Å². The number of nitro groups is 1. The standard InChI is InChI=1S/C22H17N3O3/c26-22-19-14-18(25(27)28)11-12-20(19)23-21(13-16-7-3-1-4-8-16)24(22)15-17-9-5-2-6-10-17/h1-12,14H,13,15H2. The van der Waals surface area contributed by atoms with Crippen molar-refractivity contribution in [2.24, 2.45) is 0 Å². The molecule has 28 heavy (non-hydrogen) atoms. The van der Waals surface area contributed by atoms with E-state index in [0.717, 1.165) is 11.1 Å². The van der Waals surface area contributed by atoms with Crippen LogP contribution in [0.5, 0.6) is 0 Å². The highest BCUT2D eigenvalue weighted by Crippen LogP contribution is 2.19. The largest absolute Gasteiger partial charge is 0.291 e. The quantitative estimate of drug-likeness (QED) is 0.393. The highest BCUT2D eigenvalue weighted by molar-refractivity contribution is 5.80. The van der Waals surface area contributed by atoms with Crippen molar-refractivity contribution in [3.63, 3.8) is 0 Å². The fourth-order valence-corrected chi connectivity index (χ4v) is 3.21. The summed E-state index contributed by atoms with van der Waals surface area (Å²) in [7, 11) is 0. The average molecular weight is 371 g/mol. The van der Waals surface area contributed by atoms with Gasteiger partial charge in [0.15, 0.2) is 0 Å². The van der Waals surface area contributed by atoms with E-state index < -0.39 is 4.92 Å². The first kappa shape index (κ1) is 17.6. The van der Waals surface area contributed by atoms with Gasteiger partial charge < -0.3 is 0 Å². The number of hydrogen-bond acceptors (Lipinski definition) is 4. The lowest BCUT2D eigenvalue weighted by Crippen LogP contribution is -2.26. The van der Waals surface area contributed by atoms with Crippen molar-refractivity contribution in [1.29, 1.82) is 0 Å². The fourth-order valence-electron chi connectivity index (χ4n) is 3.21. The smallest absolute Gasteiger partial charge is 0.270 e. The molecule has 4 aromatic rings. The van der Waals surface area contributed by atoms with Gasteiger partial charge in [-0.05, 0) is 17.2 Å². The number of fused-ring (bicyclic) bond motifs is 1. The third kappa shape index (κ3) is 3.53. The summed E-state index contributed by atoms with van der Waals surface area (Å²) in [5, 5.41) is 11.4. The topological polar surface area (TPSA) is 78.0 Å². The molecule has 0 N–H and O–H groups in total. The molecule has 0 aliphatic heterocycles. The third-order valence-corrected chi connectivity index (χ3v) is 4.62. The highest BCUT2D eigenvalue weighted by atomic mass is 16.6. The second-order valence-electron chi connectivity index (χ2n) is 6.53. The molecule has 6 heteroatoms. The van der Waals surface area contributed by atoms with Crippen LogP contribution >= 0.6 is 0 Å². The lowest BCUT2D eigenvalue weighted by atomic mass is 10.1. The maximum absolute atomic E-state index is 13.2. The van der Waals surface area contributed by atoms with Crippen LogP contribution in [0.4, 0.5) is 5.69 Å². The lowest BCUT2D eigenvalue weighted by molar-refractivity contribution is -0.384. The summed E-state index contributed by atoms with van der Waals surface area (Å²) in [5.41, 5.74) is 2.07. The number of nitro benzene ring substituents is 1. The van der Waals surface area contributed by atoms with Crippen molar-refractivity contribution < 1.29 is 4.92 Å². The zero-order chi connectivity index (χ0) is 19.5. The summed E-state index contributed by atoms with van der Waals surface area (Å²) in [6.45, 7) is 0.355. The van der Waals surface area contributed by atoms with E-state index in [1.165, 1.54) is 18.2 Å². The van der Waals surface area contributed by atoms with Gasteiger partial charge in [0.25, 0.3) is 11.2 Å². The van der Waals surface area contributed by atoms with Crippen molar-refractivity contribution in [2.45, 2.75) is 13.0 Å². The molecule has 4 rings (SSSR count). The molecule has 0 fully saturated rings. The van der Waals surface area contributed by atoms with Crippen molar-refractivity contribution >= 4 is 16.6 Å². The van der Waals surface area contributed by atoms with E-state index in [1.807, 2.05) is 60.7 Å². The minimum Gasteiger partial charge on any atom is -0.291 e. The Morgan fingerprint density at radius 1 is 0.893 bits per heavy atom. The van der Waals surface area contributed by atoms with Gasteiger partial charge in [0.2, 0.25) is 0 Å². The van der Waals surface area contributed by atoms with E-state index in [9.17, 15) is 14.9 Å². The molecular weight excluding hydrogens is 354 g/mol. The Balaban J connectivity index is 1.89. The van der Waals surface area contributed by atoms with Gasteiger partial charge in [-0.1, -0.05) is 60.7 Å². The molecule has 0 aliphatic carbocycles. The molecular formula is C22H17N3O3. The maximum Gasteiger partial charge on any atom is 0.270 e. The Hall–Kier alpha value is -3.80. The fraction of sp³-hybridized carbons (Fsp3) is 0.0909. The van der Waals surface area contributed by atoms with Crippen molar-refractivity contribution in [1.82, 2.24) is 9.55 Å². The first-order valence-corrected chi connectivity index (χ1v) is 8.87. The molecule has 0 saturated carbocycles. The van der Waals surface area contributed by atoms with Crippen LogP contribution in [0.2, 0.25) is 0 Å². The van der Waals surface area contributed by atoms with Gasteiger partial charge in [-0.3, -0.25) is 19.5 Å². The summed E-state index contributed by atoms with van der Waals surface area (Å²) in [4.78, 5) is 28.5. The molecule has 0 amide bonds. The van der Waals surface area contributed by atoms with Crippen LogP contribution in [-0.4, -0.2) is 14.5 Å². The van der Waals surface area contributed by atoms with E-state index in [-0.39, 0.29) is 16.6 Å². The summed E-state index contributed by atoms with van der Waals surface area (Å²) in [6, 6.07) is 23.6. The van der Waals surface area contributed by atoms with Gasteiger partial charge in [0.1, 0.15) is 5.82 Å². The molecule has 1 aromatic heterocycles. The SMILES string of the molecule is O=c1c2cc([N+](=O)[O-])ccc2nc(Cc2ccccc2)n1Cc1ccccc1. The van der Waals surface area contributed by atoms with Crippen LogP contribution in [0.15, 0.2) is 83.7 Å². The monoisotopic (exact) mass is 371 g/mol. The molecule has 1 heterocycles. The normalized spacial score (nSPS) is 10.9.